The number of hydrogen-bond donors (Lipinski definition) is 0. The molecule has 1 aliphatic rings. The third-order valence-corrected chi connectivity index (χ3v) is 3.90. The molecule has 1 aliphatic heterocycles. The Labute approximate surface area is 123 Å². The lowest BCUT2D eigenvalue weighted by Gasteiger charge is -2.11. The molecule has 6 heteroatoms. The molecule has 0 aliphatic carbocycles. The van der Waals surface area contributed by atoms with Gasteiger partial charge in [0.25, 0.3) is 0 Å². The second-order valence-electron chi connectivity index (χ2n) is 5.30. The maximum absolute atomic E-state index is 11.7. The first-order valence-electron chi connectivity index (χ1n) is 7.13. The third kappa shape index (κ3) is 2.66. The largest absolute Gasteiger partial charge is 0.469 e. The summed E-state index contributed by atoms with van der Waals surface area (Å²) in [7, 11) is 1.44. The molecular formula is C15H18N4O2. The van der Waals surface area contributed by atoms with Crippen LogP contribution in [0.15, 0.2) is 18.2 Å². The number of rotatable bonds is 2. The Hall–Kier alpha value is -2.24. The molecule has 1 atom stereocenters. The highest BCUT2D eigenvalue weighted by Crippen LogP contribution is 2.24. The molecule has 1 unspecified atom stereocenters. The Balaban J connectivity index is 1.89. The Morgan fingerprint density at radius 3 is 2.95 bits per heavy atom. The zero-order valence-electron chi connectivity index (χ0n) is 12.2. The first-order chi connectivity index (χ1) is 10.2. The van der Waals surface area contributed by atoms with Crippen molar-refractivity contribution in [3.63, 3.8) is 0 Å². The van der Waals surface area contributed by atoms with Crippen molar-refractivity contribution in [2.45, 2.75) is 32.7 Å². The lowest BCUT2D eigenvalue weighted by atomic mass is 10.0. The summed E-state index contributed by atoms with van der Waals surface area (Å²) in [5, 5.41) is 8.54. The molecule has 0 saturated carbocycles. The van der Waals surface area contributed by atoms with E-state index in [9.17, 15) is 4.79 Å². The Kier molecular flexibility index (Phi) is 3.68. The second-order valence-corrected chi connectivity index (χ2v) is 5.30. The van der Waals surface area contributed by atoms with E-state index in [1.165, 1.54) is 7.11 Å². The molecular weight excluding hydrogens is 268 g/mol. The Morgan fingerprint density at radius 2 is 2.19 bits per heavy atom. The molecule has 0 aromatic carbocycles. The number of methoxy groups -OCH3 is 1. The number of aromatic nitrogens is 4. The minimum atomic E-state index is -0.135. The number of hydrogen-bond acceptors (Lipinski definition) is 5. The van der Waals surface area contributed by atoms with Crippen molar-refractivity contribution in [3.05, 3.63) is 29.7 Å². The molecule has 0 spiro atoms. The topological polar surface area (TPSA) is 69.9 Å². The molecule has 110 valence electrons. The molecule has 2 aromatic rings. The molecule has 0 saturated heterocycles. The summed E-state index contributed by atoms with van der Waals surface area (Å²) in [5.41, 5.74) is 1.77. The number of pyridine rings is 1. The molecule has 0 radical (unpaired) electrons. The van der Waals surface area contributed by atoms with Crippen molar-refractivity contribution in [2.75, 3.05) is 7.11 Å². The number of nitrogens with zero attached hydrogens (tertiary/aromatic N) is 4. The first-order valence-corrected chi connectivity index (χ1v) is 7.13. The van der Waals surface area contributed by atoms with E-state index in [2.05, 4.69) is 19.7 Å². The number of carbonyl (C=O) groups is 1. The van der Waals surface area contributed by atoms with E-state index >= 15 is 0 Å². The van der Waals surface area contributed by atoms with Crippen LogP contribution >= 0.6 is 0 Å². The van der Waals surface area contributed by atoms with Gasteiger partial charge in [-0.2, -0.15) is 0 Å². The van der Waals surface area contributed by atoms with E-state index in [0.29, 0.717) is 6.54 Å². The second kappa shape index (κ2) is 5.63. The van der Waals surface area contributed by atoms with Crippen molar-refractivity contribution in [1.29, 1.82) is 0 Å². The van der Waals surface area contributed by atoms with Gasteiger partial charge in [0.2, 0.25) is 0 Å². The standard InChI is InChI=1S/C15H18N4O2/c1-10-4-3-5-12(16-10)14-18-17-13-7-6-11(15(20)21-2)8-9-19(13)14/h3-5,11H,6-9H2,1-2H3. The van der Waals surface area contributed by atoms with Crippen molar-refractivity contribution in [2.24, 2.45) is 5.92 Å². The van der Waals surface area contributed by atoms with Crippen LogP contribution in [-0.2, 0) is 22.5 Å². The van der Waals surface area contributed by atoms with Crippen molar-refractivity contribution in [3.8, 4) is 11.5 Å². The van der Waals surface area contributed by atoms with E-state index in [4.69, 9.17) is 4.74 Å². The summed E-state index contributed by atoms with van der Waals surface area (Å²) in [4.78, 5) is 16.2. The van der Waals surface area contributed by atoms with Crippen LogP contribution in [0.1, 0.15) is 24.4 Å². The summed E-state index contributed by atoms with van der Waals surface area (Å²) in [6, 6.07) is 5.86. The molecule has 3 rings (SSSR count). The van der Waals surface area contributed by atoms with Gasteiger partial charge >= 0.3 is 5.97 Å². The molecule has 3 heterocycles. The van der Waals surface area contributed by atoms with Gasteiger partial charge in [-0.25, -0.2) is 4.98 Å². The van der Waals surface area contributed by atoms with E-state index in [1.54, 1.807) is 0 Å². The van der Waals surface area contributed by atoms with Crippen LogP contribution in [0.4, 0.5) is 0 Å². The van der Waals surface area contributed by atoms with Crippen LogP contribution in [-0.4, -0.2) is 32.8 Å². The number of fused-ring (bicyclic) bond motifs is 1. The maximum atomic E-state index is 11.7. The fourth-order valence-corrected chi connectivity index (χ4v) is 2.75. The number of carbonyl (C=O) groups excluding carboxylic acids is 1. The molecule has 0 amide bonds. The number of ether oxygens (including phenoxy) is 1. The predicted octanol–water partition coefficient (Wildman–Crippen LogP) is 1.77. The van der Waals surface area contributed by atoms with E-state index in [1.807, 2.05) is 25.1 Å². The van der Waals surface area contributed by atoms with Crippen LogP contribution in [0.25, 0.3) is 11.5 Å². The van der Waals surface area contributed by atoms with Gasteiger partial charge < -0.3 is 9.30 Å². The fraction of sp³-hybridized carbons (Fsp3) is 0.467. The van der Waals surface area contributed by atoms with Crippen molar-refractivity contribution < 1.29 is 9.53 Å². The lowest BCUT2D eigenvalue weighted by Crippen LogP contribution is -2.17. The highest BCUT2D eigenvalue weighted by atomic mass is 16.5. The minimum Gasteiger partial charge on any atom is -0.469 e. The van der Waals surface area contributed by atoms with E-state index < -0.39 is 0 Å². The first kappa shape index (κ1) is 13.7. The van der Waals surface area contributed by atoms with Crippen molar-refractivity contribution in [1.82, 2.24) is 19.7 Å². The quantitative estimate of drug-likeness (QED) is 0.787. The van der Waals surface area contributed by atoms with E-state index in [0.717, 1.165) is 42.3 Å². The van der Waals surface area contributed by atoms with Crippen LogP contribution in [0.3, 0.4) is 0 Å². The fourth-order valence-electron chi connectivity index (χ4n) is 2.75. The predicted molar refractivity (Wildman–Crippen MR) is 76.4 cm³/mol. The van der Waals surface area contributed by atoms with Crippen LogP contribution in [0, 0.1) is 12.8 Å². The highest BCUT2D eigenvalue weighted by molar-refractivity contribution is 5.72. The van der Waals surface area contributed by atoms with Crippen LogP contribution in [0.5, 0.6) is 0 Å². The van der Waals surface area contributed by atoms with Crippen LogP contribution in [0.2, 0.25) is 0 Å². The summed E-state index contributed by atoms with van der Waals surface area (Å²) in [5.74, 6) is 1.50. The molecule has 0 bridgehead atoms. The van der Waals surface area contributed by atoms with Gasteiger partial charge in [0, 0.05) is 18.7 Å². The Morgan fingerprint density at radius 1 is 1.33 bits per heavy atom. The van der Waals surface area contributed by atoms with Crippen molar-refractivity contribution >= 4 is 5.97 Å². The third-order valence-electron chi connectivity index (χ3n) is 3.90. The lowest BCUT2D eigenvalue weighted by molar-refractivity contribution is -0.145. The molecule has 2 aromatic heterocycles. The van der Waals surface area contributed by atoms with Gasteiger partial charge in [-0.1, -0.05) is 6.07 Å². The summed E-state index contributed by atoms with van der Waals surface area (Å²) >= 11 is 0. The van der Waals surface area contributed by atoms with Gasteiger partial charge in [-0.3, -0.25) is 4.79 Å². The molecule has 6 nitrogen and oxygen atoms in total. The number of esters is 1. The monoisotopic (exact) mass is 286 g/mol. The average Bonchev–Trinajstić information content (AvgIpc) is 2.78. The zero-order chi connectivity index (χ0) is 14.8. The SMILES string of the molecule is COC(=O)C1CCc2nnc(-c3cccc(C)n3)n2CC1. The smallest absolute Gasteiger partial charge is 0.308 e. The average molecular weight is 286 g/mol. The maximum Gasteiger partial charge on any atom is 0.308 e. The zero-order valence-corrected chi connectivity index (χ0v) is 12.2. The van der Waals surface area contributed by atoms with Gasteiger partial charge in [0.1, 0.15) is 11.5 Å². The van der Waals surface area contributed by atoms with E-state index in [-0.39, 0.29) is 11.9 Å². The minimum absolute atomic E-state index is 0.0602. The number of aryl methyl sites for hydroxylation is 2. The Bertz CT molecular complexity index is 665. The normalized spacial score (nSPS) is 17.9. The summed E-state index contributed by atoms with van der Waals surface area (Å²) in [6.07, 6.45) is 2.24. The van der Waals surface area contributed by atoms with Gasteiger partial charge in [-0.15, -0.1) is 10.2 Å². The van der Waals surface area contributed by atoms with Gasteiger partial charge in [-0.05, 0) is 31.9 Å². The van der Waals surface area contributed by atoms with Gasteiger partial charge in [0.05, 0.1) is 13.0 Å². The highest BCUT2D eigenvalue weighted by Gasteiger charge is 2.26. The summed E-state index contributed by atoms with van der Waals surface area (Å²) < 4.78 is 6.93. The molecule has 0 fully saturated rings. The van der Waals surface area contributed by atoms with Gasteiger partial charge in [0.15, 0.2) is 5.82 Å². The molecule has 0 N–H and O–H groups in total. The summed E-state index contributed by atoms with van der Waals surface area (Å²) in [6.45, 7) is 2.67. The molecule has 21 heavy (non-hydrogen) atoms. The van der Waals surface area contributed by atoms with Crippen LogP contribution < -0.4 is 0 Å².